The van der Waals surface area contributed by atoms with Crippen molar-refractivity contribution in [3.8, 4) is 17.1 Å². The summed E-state index contributed by atoms with van der Waals surface area (Å²) in [6.45, 7) is 0.513. The number of carbonyl (C=O) groups excluding carboxylic acids is 1. The molecule has 0 atom stereocenters. The average molecular weight is 519 g/mol. The molecule has 0 aliphatic heterocycles. The Hall–Kier alpha value is -2.54. The number of fused-ring (bicyclic) bond motifs is 1. The molecule has 0 aliphatic carbocycles. The third-order valence-corrected chi connectivity index (χ3v) is 6.11. The molecule has 1 amide bonds. The lowest BCUT2D eigenvalue weighted by atomic mass is 10.1. The number of H-pyrrole nitrogens is 1. The van der Waals surface area contributed by atoms with Gasteiger partial charge in [0.2, 0.25) is 0 Å². The highest BCUT2D eigenvalue weighted by Gasteiger charge is 2.14. The van der Waals surface area contributed by atoms with E-state index < -0.39 is 0 Å². The second kappa shape index (κ2) is 9.30. The summed E-state index contributed by atoms with van der Waals surface area (Å²) in [5.74, 6) is 1.19. The first-order valence-corrected chi connectivity index (χ1v) is 11.1. The molecule has 0 bridgehead atoms. The Balaban J connectivity index is 1.47. The highest BCUT2D eigenvalue weighted by molar-refractivity contribution is 9.10. The van der Waals surface area contributed by atoms with Crippen molar-refractivity contribution in [1.29, 1.82) is 0 Å². The molecule has 1 aromatic heterocycles. The van der Waals surface area contributed by atoms with Crippen LogP contribution < -0.4 is 10.1 Å². The number of nitrogens with one attached hydrogen (secondary N) is 2. The summed E-state index contributed by atoms with van der Waals surface area (Å²) in [5, 5.41) is 3.97. The Labute approximate surface area is 197 Å². The molecule has 0 unspecified atom stereocenters. The number of rotatable bonds is 6. The van der Waals surface area contributed by atoms with Gasteiger partial charge >= 0.3 is 0 Å². The van der Waals surface area contributed by atoms with E-state index in [0.717, 1.165) is 26.8 Å². The normalized spacial score (nSPS) is 11.0. The van der Waals surface area contributed by atoms with Gasteiger partial charge in [0.05, 0.1) is 38.2 Å². The number of nitrogens with zero attached hydrogens (tertiary/aromatic N) is 1. The van der Waals surface area contributed by atoms with Gasteiger partial charge in [0.25, 0.3) is 5.91 Å². The van der Waals surface area contributed by atoms with Gasteiger partial charge in [-0.05, 0) is 70.4 Å². The van der Waals surface area contributed by atoms with Crippen LogP contribution in [-0.4, -0.2) is 29.5 Å². The number of ether oxygens (including phenoxy) is 1. The monoisotopic (exact) mass is 517 g/mol. The minimum atomic E-state index is -0.151. The number of imidazole rings is 1. The number of aromatic nitrogens is 2. The molecule has 5 nitrogen and oxygen atoms in total. The molecular formula is C23H18BrCl2N3O2. The predicted molar refractivity (Wildman–Crippen MR) is 128 cm³/mol. The van der Waals surface area contributed by atoms with E-state index in [9.17, 15) is 4.79 Å². The highest BCUT2D eigenvalue weighted by atomic mass is 79.9. The molecule has 8 heteroatoms. The highest BCUT2D eigenvalue weighted by Crippen LogP contribution is 2.34. The molecular weight excluding hydrogens is 501 g/mol. The maximum absolute atomic E-state index is 12.6. The quantitative estimate of drug-likeness (QED) is 0.315. The Kier molecular flexibility index (Phi) is 6.51. The largest absolute Gasteiger partial charge is 0.496 e. The fourth-order valence-corrected chi connectivity index (χ4v) is 4.45. The molecule has 158 valence electrons. The smallest absolute Gasteiger partial charge is 0.251 e. The number of methoxy groups -OCH3 is 1. The van der Waals surface area contributed by atoms with E-state index in [1.807, 2.05) is 18.2 Å². The summed E-state index contributed by atoms with van der Waals surface area (Å²) in [4.78, 5) is 20.4. The molecule has 0 spiro atoms. The van der Waals surface area contributed by atoms with Crippen LogP contribution >= 0.6 is 39.1 Å². The minimum absolute atomic E-state index is 0.151. The van der Waals surface area contributed by atoms with Crippen LogP contribution in [0, 0.1) is 0 Å². The van der Waals surface area contributed by atoms with E-state index in [0.29, 0.717) is 40.0 Å². The standard InChI is InChI=1S/C23H18BrCl2N3O2/c1-31-20-8-5-13(11-15(20)24)9-10-27-23(30)14-6-7-18-19(12-14)29-22(28-18)21-16(25)3-2-4-17(21)26/h2-8,11-12H,9-10H2,1H3,(H,27,30)(H,28,29). The van der Waals surface area contributed by atoms with Crippen molar-refractivity contribution in [3.05, 3.63) is 80.2 Å². The van der Waals surface area contributed by atoms with Crippen LogP contribution in [0.5, 0.6) is 5.75 Å². The second-order valence-electron chi connectivity index (χ2n) is 6.89. The van der Waals surface area contributed by atoms with Crippen LogP contribution in [-0.2, 0) is 6.42 Å². The van der Waals surface area contributed by atoms with Crippen LogP contribution in [0.15, 0.2) is 59.1 Å². The summed E-state index contributed by atoms with van der Waals surface area (Å²) in [6, 6.07) is 16.5. The van der Waals surface area contributed by atoms with E-state index in [1.165, 1.54) is 0 Å². The Morgan fingerprint density at radius 1 is 1.13 bits per heavy atom. The molecule has 0 saturated heterocycles. The number of carbonyl (C=O) groups is 1. The molecule has 31 heavy (non-hydrogen) atoms. The van der Waals surface area contributed by atoms with Gasteiger partial charge < -0.3 is 15.0 Å². The van der Waals surface area contributed by atoms with E-state index in [2.05, 4.69) is 31.2 Å². The van der Waals surface area contributed by atoms with Gasteiger partial charge in [-0.15, -0.1) is 0 Å². The lowest BCUT2D eigenvalue weighted by molar-refractivity contribution is 0.0954. The number of benzene rings is 3. The maximum Gasteiger partial charge on any atom is 0.251 e. The summed E-state index contributed by atoms with van der Waals surface area (Å²) < 4.78 is 6.13. The molecule has 0 fully saturated rings. The van der Waals surface area contributed by atoms with Crippen LogP contribution in [0.2, 0.25) is 10.0 Å². The average Bonchev–Trinajstić information content (AvgIpc) is 3.16. The van der Waals surface area contributed by atoms with Gasteiger partial charge in [-0.2, -0.15) is 0 Å². The predicted octanol–water partition coefficient (Wildman–Crippen LogP) is 6.28. The molecule has 2 N–H and O–H groups in total. The molecule has 4 rings (SSSR count). The molecule has 0 aliphatic rings. The Morgan fingerprint density at radius 3 is 2.61 bits per heavy atom. The maximum atomic E-state index is 12.6. The van der Waals surface area contributed by atoms with Crippen molar-refractivity contribution in [2.24, 2.45) is 0 Å². The number of hydrogen-bond donors (Lipinski definition) is 2. The topological polar surface area (TPSA) is 67.0 Å². The van der Waals surface area contributed by atoms with Crippen molar-refractivity contribution in [2.45, 2.75) is 6.42 Å². The van der Waals surface area contributed by atoms with Crippen molar-refractivity contribution >= 4 is 56.1 Å². The van der Waals surface area contributed by atoms with E-state index >= 15 is 0 Å². The SMILES string of the molecule is COc1ccc(CCNC(=O)c2ccc3nc(-c4c(Cl)cccc4Cl)[nH]c3c2)cc1Br. The van der Waals surface area contributed by atoms with Crippen LogP contribution in [0.25, 0.3) is 22.4 Å². The zero-order valence-electron chi connectivity index (χ0n) is 16.5. The van der Waals surface area contributed by atoms with E-state index in [1.54, 1.807) is 43.5 Å². The number of aromatic amines is 1. The third-order valence-electron chi connectivity index (χ3n) is 4.86. The van der Waals surface area contributed by atoms with Gasteiger partial charge in [-0.3, -0.25) is 4.79 Å². The Bertz CT molecular complexity index is 1250. The van der Waals surface area contributed by atoms with Crippen molar-refractivity contribution in [3.63, 3.8) is 0 Å². The van der Waals surface area contributed by atoms with Crippen LogP contribution in [0.1, 0.15) is 15.9 Å². The summed E-state index contributed by atoms with van der Waals surface area (Å²) >= 11 is 16.1. The molecule has 4 aromatic rings. The van der Waals surface area contributed by atoms with Gasteiger partial charge in [0, 0.05) is 12.1 Å². The zero-order valence-corrected chi connectivity index (χ0v) is 19.6. The summed E-state index contributed by atoms with van der Waals surface area (Å²) in [6.07, 6.45) is 0.704. The zero-order chi connectivity index (χ0) is 22.0. The fourth-order valence-electron chi connectivity index (χ4n) is 3.28. The van der Waals surface area contributed by atoms with Crippen LogP contribution in [0.3, 0.4) is 0 Å². The van der Waals surface area contributed by atoms with Crippen LogP contribution in [0.4, 0.5) is 0 Å². The van der Waals surface area contributed by atoms with Gasteiger partial charge in [0.15, 0.2) is 0 Å². The van der Waals surface area contributed by atoms with Gasteiger partial charge in [-0.1, -0.05) is 35.3 Å². The lowest BCUT2D eigenvalue weighted by Gasteiger charge is -2.08. The van der Waals surface area contributed by atoms with Gasteiger partial charge in [-0.25, -0.2) is 4.98 Å². The van der Waals surface area contributed by atoms with E-state index in [4.69, 9.17) is 27.9 Å². The first-order chi connectivity index (χ1) is 15.0. The third kappa shape index (κ3) is 4.71. The summed E-state index contributed by atoms with van der Waals surface area (Å²) in [7, 11) is 1.63. The number of hydrogen-bond acceptors (Lipinski definition) is 3. The van der Waals surface area contributed by atoms with Crippen molar-refractivity contribution in [1.82, 2.24) is 15.3 Å². The van der Waals surface area contributed by atoms with Gasteiger partial charge in [0.1, 0.15) is 11.6 Å². The number of halogens is 3. The van der Waals surface area contributed by atoms with Crippen molar-refractivity contribution < 1.29 is 9.53 Å². The Morgan fingerprint density at radius 2 is 1.90 bits per heavy atom. The molecule has 0 radical (unpaired) electrons. The molecule has 1 heterocycles. The number of amides is 1. The minimum Gasteiger partial charge on any atom is -0.496 e. The summed E-state index contributed by atoms with van der Waals surface area (Å²) in [5.41, 5.74) is 3.74. The fraction of sp³-hybridized carbons (Fsp3) is 0.130. The second-order valence-corrected chi connectivity index (χ2v) is 8.56. The van der Waals surface area contributed by atoms with E-state index in [-0.39, 0.29) is 5.91 Å². The molecule has 0 saturated carbocycles. The van der Waals surface area contributed by atoms with Crippen molar-refractivity contribution in [2.75, 3.05) is 13.7 Å². The lowest BCUT2D eigenvalue weighted by Crippen LogP contribution is -2.25. The molecule has 3 aromatic carbocycles. The first kappa shape index (κ1) is 21.7. The first-order valence-electron chi connectivity index (χ1n) is 9.51.